The van der Waals surface area contributed by atoms with Gasteiger partial charge in [0.05, 0.1) is 12.9 Å². The first-order chi connectivity index (χ1) is 15.0. The van der Waals surface area contributed by atoms with Gasteiger partial charge in [-0.15, -0.1) is 11.8 Å². The number of hydrogen-bond donors (Lipinski definition) is 1. The van der Waals surface area contributed by atoms with E-state index in [9.17, 15) is 9.59 Å². The van der Waals surface area contributed by atoms with Crippen molar-refractivity contribution in [3.05, 3.63) is 59.1 Å². The summed E-state index contributed by atoms with van der Waals surface area (Å²) in [6.07, 6.45) is 4.30. The minimum Gasteiger partial charge on any atom is -0.497 e. The number of rotatable bonds is 9. The Balaban J connectivity index is 1.72. The number of benzene rings is 2. The van der Waals surface area contributed by atoms with Crippen LogP contribution in [0.2, 0.25) is 5.02 Å². The largest absolute Gasteiger partial charge is 0.497 e. The molecular formula is C24H29ClN2O3S. The standard InChI is InChI=1S/C24H29ClN2O3S/c1-17(24(29)26-20-7-3-4-8-20)27(15-18-6-5-9-21(14-18)30-2)23(28)16-31-22-12-10-19(25)11-13-22/h5-6,9-14,17,20H,3-4,7-8,15-16H2,1-2H3,(H,26,29). The van der Waals surface area contributed by atoms with Crippen molar-refractivity contribution in [3.8, 4) is 5.75 Å². The van der Waals surface area contributed by atoms with E-state index in [0.29, 0.717) is 11.6 Å². The molecule has 7 heteroatoms. The molecule has 2 amide bonds. The molecule has 1 aliphatic rings. The highest BCUT2D eigenvalue weighted by Crippen LogP contribution is 2.23. The van der Waals surface area contributed by atoms with Crippen molar-refractivity contribution < 1.29 is 14.3 Å². The van der Waals surface area contributed by atoms with Crippen LogP contribution >= 0.6 is 23.4 Å². The highest BCUT2D eigenvalue weighted by atomic mass is 35.5. The maximum absolute atomic E-state index is 13.2. The summed E-state index contributed by atoms with van der Waals surface area (Å²) in [4.78, 5) is 28.7. The predicted molar refractivity (Wildman–Crippen MR) is 126 cm³/mol. The third-order valence-corrected chi connectivity index (χ3v) is 6.78. The summed E-state index contributed by atoms with van der Waals surface area (Å²) in [5.74, 6) is 0.784. The predicted octanol–water partition coefficient (Wildman–Crippen LogP) is 4.92. The lowest BCUT2D eigenvalue weighted by Crippen LogP contribution is -2.50. The monoisotopic (exact) mass is 460 g/mol. The Kier molecular flexibility index (Phi) is 8.67. The lowest BCUT2D eigenvalue weighted by atomic mass is 10.1. The zero-order chi connectivity index (χ0) is 22.2. The van der Waals surface area contributed by atoms with E-state index >= 15 is 0 Å². The SMILES string of the molecule is COc1cccc(CN(C(=O)CSc2ccc(Cl)cc2)C(C)C(=O)NC2CCCC2)c1. The van der Waals surface area contributed by atoms with Crippen LogP contribution in [0.15, 0.2) is 53.4 Å². The van der Waals surface area contributed by atoms with Crippen LogP contribution in [0, 0.1) is 0 Å². The van der Waals surface area contributed by atoms with Crippen LogP contribution < -0.4 is 10.1 Å². The number of carbonyl (C=O) groups is 2. The maximum Gasteiger partial charge on any atom is 0.242 e. The molecule has 1 aliphatic carbocycles. The summed E-state index contributed by atoms with van der Waals surface area (Å²) in [6.45, 7) is 2.14. The topological polar surface area (TPSA) is 58.6 Å². The van der Waals surface area contributed by atoms with Crippen molar-refractivity contribution in [2.75, 3.05) is 12.9 Å². The van der Waals surface area contributed by atoms with E-state index in [4.69, 9.17) is 16.3 Å². The Morgan fingerprint density at radius 3 is 2.58 bits per heavy atom. The highest BCUT2D eigenvalue weighted by Gasteiger charge is 2.28. The lowest BCUT2D eigenvalue weighted by Gasteiger charge is -2.29. The fraction of sp³-hybridized carbons (Fsp3) is 0.417. The molecule has 2 aromatic rings. The van der Waals surface area contributed by atoms with Gasteiger partial charge in [0.2, 0.25) is 11.8 Å². The van der Waals surface area contributed by atoms with E-state index in [2.05, 4.69) is 5.32 Å². The number of ether oxygens (including phenoxy) is 1. The van der Waals surface area contributed by atoms with Gasteiger partial charge in [0.15, 0.2) is 0 Å². The molecule has 0 bridgehead atoms. The Morgan fingerprint density at radius 2 is 1.90 bits per heavy atom. The van der Waals surface area contributed by atoms with Gasteiger partial charge in [0.1, 0.15) is 11.8 Å². The fourth-order valence-corrected chi connectivity index (χ4v) is 4.61. The first kappa shape index (κ1) is 23.5. The minimum absolute atomic E-state index is 0.0863. The number of nitrogens with one attached hydrogen (secondary N) is 1. The molecule has 1 atom stereocenters. The molecule has 1 N–H and O–H groups in total. The van der Waals surface area contributed by atoms with E-state index in [1.807, 2.05) is 36.4 Å². The molecule has 0 aliphatic heterocycles. The number of amides is 2. The van der Waals surface area contributed by atoms with Gasteiger partial charge >= 0.3 is 0 Å². The molecule has 1 fully saturated rings. The Hall–Kier alpha value is -2.18. The van der Waals surface area contributed by atoms with E-state index in [-0.39, 0.29) is 23.6 Å². The number of carbonyl (C=O) groups excluding carboxylic acids is 2. The molecule has 166 valence electrons. The summed E-state index contributed by atoms with van der Waals surface area (Å²) in [7, 11) is 1.61. The van der Waals surface area contributed by atoms with E-state index in [0.717, 1.165) is 41.9 Å². The third kappa shape index (κ3) is 6.91. The van der Waals surface area contributed by atoms with Crippen molar-refractivity contribution in [1.82, 2.24) is 10.2 Å². The molecule has 2 aromatic carbocycles. The number of methoxy groups -OCH3 is 1. The Morgan fingerprint density at radius 1 is 1.19 bits per heavy atom. The van der Waals surface area contributed by atoms with Crippen LogP contribution in [0.5, 0.6) is 5.75 Å². The number of halogens is 1. The second kappa shape index (κ2) is 11.4. The van der Waals surface area contributed by atoms with Gasteiger partial charge in [0.25, 0.3) is 0 Å². The van der Waals surface area contributed by atoms with Gasteiger partial charge in [-0.25, -0.2) is 0 Å². The lowest BCUT2D eigenvalue weighted by molar-refractivity contribution is -0.138. The summed E-state index contributed by atoms with van der Waals surface area (Å²) in [6, 6.07) is 14.6. The molecule has 0 spiro atoms. The summed E-state index contributed by atoms with van der Waals surface area (Å²) < 4.78 is 5.31. The molecule has 0 saturated heterocycles. The first-order valence-electron chi connectivity index (χ1n) is 10.6. The number of thioether (sulfide) groups is 1. The summed E-state index contributed by atoms with van der Waals surface area (Å²) in [5, 5.41) is 3.78. The number of hydrogen-bond acceptors (Lipinski definition) is 4. The molecule has 1 unspecified atom stereocenters. The van der Waals surface area contributed by atoms with Gasteiger partial charge in [-0.1, -0.05) is 36.6 Å². The van der Waals surface area contributed by atoms with Crippen molar-refractivity contribution in [3.63, 3.8) is 0 Å². The van der Waals surface area contributed by atoms with Crippen molar-refractivity contribution in [2.24, 2.45) is 0 Å². The Labute approximate surface area is 193 Å². The maximum atomic E-state index is 13.2. The minimum atomic E-state index is -0.565. The second-order valence-corrected chi connectivity index (χ2v) is 9.27. The normalized spacial score (nSPS) is 14.8. The van der Waals surface area contributed by atoms with Crippen LogP contribution in [0.25, 0.3) is 0 Å². The van der Waals surface area contributed by atoms with Gasteiger partial charge in [0, 0.05) is 22.5 Å². The van der Waals surface area contributed by atoms with Crippen LogP contribution in [-0.2, 0) is 16.1 Å². The van der Waals surface area contributed by atoms with Crippen LogP contribution in [0.4, 0.5) is 0 Å². The zero-order valence-electron chi connectivity index (χ0n) is 18.0. The van der Waals surface area contributed by atoms with E-state index in [1.54, 1.807) is 31.1 Å². The van der Waals surface area contributed by atoms with E-state index in [1.165, 1.54) is 11.8 Å². The summed E-state index contributed by atoms with van der Waals surface area (Å²) in [5.41, 5.74) is 0.921. The van der Waals surface area contributed by atoms with Crippen molar-refractivity contribution in [2.45, 2.75) is 56.1 Å². The van der Waals surface area contributed by atoms with Crippen LogP contribution in [-0.4, -0.2) is 41.7 Å². The molecule has 5 nitrogen and oxygen atoms in total. The average molecular weight is 461 g/mol. The molecule has 0 radical (unpaired) electrons. The van der Waals surface area contributed by atoms with Gasteiger partial charge in [-0.05, 0) is 61.7 Å². The zero-order valence-corrected chi connectivity index (χ0v) is 19.5. The quantitative estimate of drug-likeness (QED) is 0.540. The first-order valence-corrected chi connectivity index (χ1v) is 11.9. The van der Waals surface area contributed by atoms with Crippen LogP contribution in [0.3, 0.4) is 0 Å². The number of nitrogens with zero attached hydrogens (tertiary/aromatic N) is 1. The smallest absolute Gasteiger partial charge is 0.242 e. The summed E-state index contributed by atoms with van der Waals surface area (Å²) >= 11 is 7.39. The molecular weight excluding hydrogens is 432 g/mol. The van der Waals surface area contributed by atoms with Gasteiger partial charge < -0.3 is 15.0 Å². The fourth-order valence-electron chi connectivity index (χ4n) is 3.70. The van der Waals surface area contributed by atoms with Crippen LogP contribution in [0.1, 0.15) is 38.2 Å². The van der Waals surface area contributed by atoms with E-state index < -0.39 is 6.04 Å². The molecule has 3 rings (SSSR count). The average Bonchev–Trinajstić information content (AvgIpc) is 3.29. The molecule has 0 aromatic heterocycles. The molecule has 31 heavy (non-hydrogen) atoms. The Bertz CT molecular complexity index is 885. The molecule has 0 heterocycles. The molecule has 1 saturated carbocycles. The highest BCUT2D eigenvalue weighted by molar-refractivity contribution is 8.00. The third-order valence-electron chi connectivity index (χ3n) is 5.53. The van der Waals surface area contributed by atoms with Gasteiger partial charge in [-0.3, -0.25) is 9.59 Å². The van der Waals surface area contributed by atoms with Gasteiger partial charge in [-0.2, -0.15) is 0 Å². The second-order valence-electron chi connectivity index (χ2n) is 7.78. The van der Waals surface area contributed by atoms with Crippen molar-refractivity contribution >= 4 is 35.2 Å². The van der Waals surface area contributed by atoms with Crippen molar-refractivity contribution in [1.29, 1.82) is 0 Å².